The molecule has 0 saturated carbocycles. The van der Waals surface area contributed by atoms with Crippen molar-refractivity contribution in [2.75, 3.05) is 32.7 Å². The van der Waals surface area contributed by atoms with Crippen LogP contribution < -0.4 is 0 Å². The number of likely N-dealkylation sites (N-methyl/N-ethyl adjacent to an activating group) is 1. The van der Waals surface area contributed by atoms with E-state index in [1.54, 1.807) is 11.8 Å². The molecule has 0 bridgehead atoms. The molecular formula is C27H33N3O3. The molecule has 0 N–H and O–H groups in total. The first-order valence-corrected chi connectivity index (χ1v) is 12.0. The first kappa shape index (κ1) is 23.0. The van der Waals surface area contributed by atoms with Crippen LogP contribution in [0.25, 0.3) is 11.1 Å². The Kier molecular flexibility index (Phi) is 7.11. The molecule has 0 radical (unpaired) electrons. The lowest BCUT2D eigenvalue weighted by atomic mass is 9.92. The Morgan fingerprint density at radius 1 is 0.909 bits per heavy atom. The van der Waals surface area contributed by atoms with Crippen LogP contribution in [0.5, 0.6) is 0 Å². The quantitative estimate of drug-likeness (QED) is 0.707. The molecule has 2 aromatic rings. The van der Waals surface area contributed by atoms with Crippen molar-refractivity contribution in [3.05, 3.63) is 60.2 Å². The third-order valence-electron chi connectivity index (χ3n) is 7.00. The van der Waals surface area contributed by atoms with Gasteiger partial charge in [-0.05, 0) is 36.5 Å². The van der Waals surface area contributed by atoms with E-state index in [9.17, 15) is 14.4 Å². The summed E-state index contributed by atoms with van der Waals surface area (Å²) in [7, 11) is 0. The number of hydrogen-bond acceptors (Lipinski definition) is 3. The zero-order chi connectivity index (χ0) is 23.4. The summed E-state index contributed by atoms with van der Waals surface area (Å²) in [5.41, 5.74) is 3.30. The van der Waals surface area contributed by atoms with Crippen molar-refractivity contribution in [2.24, 2.45) is 5.92 Å². The van der Waals surface area contributed by atoms with Crippen molar-refractivity contribution < 1.29 is 14.4 Å². The summed E-state index contributed by atoms with van der Waals surface area (Å²) in [6.07, 6.45) is 1.83. The van der Waals surface area contributed by atoms with Crippen LogP contribution in [0.3, 0.4) is 0 Å². The Hall–Kier alpha value is -3.15. The first-order valence-electron chi connectivity index (χ1n) is 12.0. The number of nitrogens with zero attached hydrogens (tertiary/aromatic N) is 3. The molecule has 3 amide bonds. The summed E-state index contributed by atoms with van der Waals surface area (Å²) in [6.45, 7) is 6.57. The number of hydrogen-bond donors (Lipinski definition) is 0. The van der Waals surface area contributed by atoms with Gasteiger partial charge in [-0.3, -0.25) is 14.4 Å². The molecule has 0 spiro atoms. The molecule has 0 unspecified atom stereocenters. The Labute approximate surface area is 196 Å². The van der Waals surface area contributed by atoms with Gasteiger partial charge in [-0.25, -0.2) is 0 Å². The lowest BCUT2D eigenvalue weighted by molar-refractivity contribution is -0.154. The van der Waals surface area contributed by atoms with Gasteiger partial charge in [0.05, 0.1) is 0 Å². The molecule has 33 heavy (non-hydrogen) atoms. The number of rotatable bonds is 5. The topological polar surface area (TPSA) is 60.9 Å². The van der Waals surface area contributed by atoms with E-state index in [2.05, 4.69) is 24.3 Å². The highest BCUT2D eigenvalue weighted by molar-refractivity contribution is 5.90. The second kappa shape index (κ2) is 10.2. The van der Waals surface area contributed by atoms with Crippen molar-refractivity contribution in [2.45, 2.75) is 39.2 Å². The zero-order valence-electron chi connectivity index (χ0n) is 19.6. The predicted molar refractivity (Wildman–Crippen MR) is 128 cm³/mol. The monoisotopic (exact) mass is 447 g/mol. The third kappa shape index (κ3) is 5.10. The summed E-state index contributed by atoms with van der Waals surface area (Å²) in [4.78, 5) is 44.0. The van der Waals surface area contributed by atoms with Gasteiger partial charge in [0, 0.05) is 52.0 Å². The fraction of sp³-hybridized carbons (Fsp3) is 0.444. The van der Waals surface area contributed by atoms with E-state index in [1.807, 2.05) is 47.1 Å². The minimum atomic E-state index is -0.483. The summed E-state index contributed by atoms with van der Waals surface area (Å²) < 4.78 is 0. The summed E-state index contributed by atoms with van der Waals surface area (Å²) >= 11 is 0. The molecule has 2 saturated heterocycles. The molecule has 0 aromatic heterocycles. The number of piperazine rings is 1. The highest BCUT2D eigenvalue weighted by Crippen LogP contribution is 2.26. The Morgan fingerprint density at radius 3 is 2.27 bits per heavy atom. The van der Waals surface area contributed by atoms with Crippen LogP contribution >= 0.6 is 0 Å². The smallest absolute Gasteiger partial charge is 0.245 e. The standard InChI is InChI=1S/C27H33N3O3/c1-3-28-16-17-30(26(32)23-12-14-29(15-13-23)20(2)31)25(27(28)33)19-21-8-7-11-24(18-21)22-9-5-4-6-10-22/h4-11,18,23,25H,3,12-17,19H2,1-2H3/t25-/m1/s1. The molecule has 2 aromatic carbocycles. The van der Waals surface area contributed by atoms with E-state index >= 15 is 0 Å². The van der Waals surface area contributed by atoms with Gasteiger partial charge in [0.15, 0.2) is 0 Å². The minimum Gasteiger partial charge on any atom is -0.343 e. The highest BCUT2D eigenvalue weighted by atomic mass is 16.2. The van der Waals surface area contributed by atoms with E-state index in [4.69, 9.17) is 0 Å². The Morgan fingerprint density at radius 2 is 1.61 bits per heavy atom. The largest absolute Gasteiger partial charge is 0.343 e. The van der Waals surface area contributed by atoms with Crippen molar-refractivity contribution >= 4 is 17.7 Å². The molecule has 0 aliphatic carbocycles. The van der Waals surface area contributed by atoms with Crippen molar-refractivity contribution in [3.63, 3.8) is 0 Å². The van der Waals surface area contributed by atoms with Gasteiger partial charge >= 0.3 is 0 Å². The maximum Gasteiger partial charge on any atom is 0.245 e. The van der Waals surface area contributed by atoms with Gasteiger partial charge in [-0.2, -0.15) is 0 Å². The number of amides is 3. The van der Waals surface area contributed by atoms with E-state index in [1.165, 1.54) is 0 Å². The average Bonchev–Trinajstić information content (AvgIpc) is 2.85. The van der Waals surface area contributed by atoms with Gasteiger partial charge in [-0.1, -0.05) is 54.6 Å². The first-order chi connectivity index (χ1) is 16.0. The van der Waals surface area contributed by atoms with Crippen molar-refractivity contribution in [1.29, 1.82) is 0 Å². The number of carbonyl (C=O) groups excluding carboxylic acids is 3. The molecule has 2 aliphatic rings. The summed E-state index contributed by atoms with van der Waals surface area (Å²) in [6, 6.07) is 18.0. The van der Waals surface area contributed by atoms with Crippen LogP contribution in [0, 0.1) is 5.92 Å². The van der Waals surface area contributed by atoms with E-state index in [-0.39, 0.29) is 23.6 Å². The van der Waals surface area contributed by atoms with Crippen molar-refractivity contribution in [3.8, 4) is 11.1 Å². The van der Waals surface area contributed by atoms with E-state index < -0.39 is 6.04 Å². The lowest BCUT2D eigenvalue weighted by Crippen LogP contribution is -2.60. The van der Waals surface area contributed by atoms with E-state index in [0.29, 0.717) is 52.0 Å². The van der Waals surface area contributed by atoms with Gasteiger partial charge in [-0.15, -0.1) is 0 Å². The fourth-order valence-corrected chi connectivity index (χ4v) is 5.02. The summed E-state index contributed by atoms with van der Waals surface area (Å²) in [5.74, 6) is 0.0263. The molecule has 2 aliphatic heterocycles. The van der Waals surface area contributed by atoms with E-state index in [0.717, 1.165) is 16.7 Å². The zero-order valence-corrected chi connectivity index (χ0v) is 19.6. The number of benzene rings is 2. The third-order valence-corrected chi connectivity index (χ3v) is 7.00. The molecule has 174 valence electrons. The van der Waals surface area contributed by atoms with Crippen LogP contribution in [0.4, 0.5) is 0 Å². The molecule has 2 heterocycles. The Bertz CT molecular complexity index is 999. The molecular weight excluding hydrogens is 414 g/mol. The number of carbonyl (C=O) groups is 3. The Balaban J connectivity index is 1.54. The van der Waals surface area contributed by atoms with Crippen LogP contribution in [0.1, 0.15) is 32.3 Å². The van der Waals surface area contributed by atoms with Gasteiger partial charge in [0.2, 0.25) is 17.7 Å². The highest BCUT2D eigenvalue weighted by Gasteiger charge is 2.40. The number of likely N-dealkylation sites (tertiary alicyclic amines) is 1. The number of piperidine rings is 1. The second-order valence-electron chi connectivity index (χ2n) is 9.02. The normalized spacial score (nSPS) is 19.6. The molecule has 6 heteroatoms. The summed E-state index contributed by atoms with van der Waals surface area (Å²) in [5, 5.41) is 0. The predicted octanol–water partition coefficient (Wildman–Crippen LogP) is 3.21. The molecule has 2 fully saturated rings. The molecule has 6 nitrogen and oxygen atoms in total. The van der Waals surface area contributed by atoms with Crippen LogP contribution in [0.15, 0.2) is 54.6 Å². The van der Waals surface area contributed by atoms with Crippen molar-refractivity contribution in [1.82, 2.24) is 14.7 Å². The van der Waals surface area contributed by atoms with Gasteiger partial charge in [0.25, 0.3) is 0 Å². The lowest BCUT2D eigenvalue weighted by Gasteiger charge is -2.43. The average molecular weight is 448 g/mol. The van der Waals surface area contributed by atoms with Crippen LogP contribution in [-0.2, 0) is 20.8 Å². The minimum absolute atomic E-state index is 0.0309. The molecule has 1 atom stereocenters. The SMILES string of the molecule is CCN1CCN(C(=O)C2CCN(C(C)=O)CC2)[C@H](Cc2cccc(-c3ccccc3)c2)C1=O. The van der Waals surface area contributed by atoms with Gasteiger partial charge < -0.3 is 14.7 Å². The second-order valence-corrected chi connectivity index (χ2v) is 9.02. The fourth-order valence-electron chi connectivity index (χ4n) is 5.02. The van der Waals surface area contributed by atoms with Gasteiger partial charge in [0.1, 0.15) is 6.04 Å². The maximum absolute atomic E-state index is 13.5. The maximum atomic E-state index is 13.5. The van der Waals surface area contributed by atoms with Crippen LogP contribution in [-0.4, -0.2) is 71.2 Å². The molecule has 4 rings (SSSR count). The van der Waals surface area contributed by atoms with Crippen LogP contribution in [0.2, 0.25) is 0 Å².